The molecule has 0 bridgehead atoms. The van der Waals surface area contributed by atoms with Crippen LogP contribution in [0.25, 0.3) is 5.57 Å². The molecule has 0 amide bonds. The van der Waals surface area contributed by atoms with E-state index in [9.17, 15) is 5.11 Å². The molecule has 2 rings (SSSR count). The summed E-state index contributed by atoms with van der Waals surface area (Å²) in [6.07, 6.45) is 10.1. The minimum atomic E-state index is -0.554. The van der Waals surface area contributed by atoms with E-state index in [2.05, 4.69) is 50.2 Å². The van der Waals surface area contributed by atoms with Crippen LogP contribution in [0.15, 0.2) is 61.5 Å². The van der Waals surface area contributed by atoms with E-state index in [-0.39, 0.29) is 11.0 Å². The second-order valence-corrected chi connectivity index (χ2v) is 12.8. The quantitative estimate of drug-likeness (QED) is 0.0607. The molecule has 0 radical (unpaired) electrons. The predicted octanol–water partition coefficient (Wildman–Crippen LogP) is 9.98. The molecule has 0 aliphatic carbocycles. The third-order valence-corrected chi connectivity index (χ3v) is 9.22. The summed E-state index contributed by atoms with van der Waals surface area (Å²) in [6, 6.07) is 0. The van der Waals surface area contributed by atoms with Gasteiger partial charge in [0.2, 0.25) is 0 Å². The molecular formula is C30H44Br2O5S2. The summed E-state index contributed by atoms with van der Waals surface area (Å²) < 4.78 is 24.5. The highest BCUT2D eigenvalue weighted by molar-refractivity contribution is 9.11. The Bertz CT molecular complexity index is 1010. The summed E-state index contributed by atoms with van der Waals surface area (Å²) >= 11 is 10.3. The Balaban J connectivity index is 0.00000371. The molecule has 2 atom stereocenters. The Morgan fingerprint density at radius 3 is 2.10 bits per heavy atom. The van der Waals surface area contributed by atoms with E-state index in [4.69, 9.17) is 18.9 Å². The number of thiophene rings is 1. The van der Waals surface area contributed by atoms with Crippen molar-refractivity contribution in [1.82, 2.24) is 0 Å². The predicted molar refractivity (Wildman–Crippen MR) is 176 cm³/mol. The van der Waals surface area contributed by atoms with E-state index in [1.807, 2.05) is 65.2 Å². The Morgan fingerprint density at radius 1 is 1.00 bits per heavy atom. The van der Waals surface area contributed by atoms with E-state index in [0.29, 0.717) is 19.8 Å². The number of halogens is 2. The summed E-state index contributed by atoms with van der Waals surface area (Å²) in [5, 5.41) is 14.5. The van der Waals surface area contributed by atoms with Gasteiger partial charge in [0.1, 0.15) is 21.4 Å². The van der Waals surface area contributed by atoms with Gasteiger partial charge in [0, 0.05) is 28.7 Å². The Hall–Kier alpha value is -0.970. The van der Waals surface area contributed by atoms with Crippen LogP contribution in [-0.2, 0) is 14.2 Å². The van der Waals surface area contributed by atoms with Gasteiger partial charge >= 0.3 is 0 Å². The minimum Gasteiger partial charge on any atom is -0.493 e. The molecule has 0 saturated heterocycles. The third kappa shape index (κ3) is 11.1. The molecular weight excluding hydrogens is 664 g/mol. The fraction of sp³-hybridized carbons (Fsp3) is 0.533. The van der Waals surface area contributed by atoms with Crippen molar-refractivity contribution in [3.8, 4) is 5.75 Å². The number of thioether (sulfide) groups is 1. The Kier molecular flexibility index (Phi) is 19.3. The summed E-state index contributed by atoms with van der Waals surface area (Å²) in [5.74, 6) is 2.41. The van der Waals surface area contributed by atoms with Gasteiger partial charge in [0.25, 0.3) is 0 Å². The number of allylic oxidation sites excluding steroid dienone is 6. The lowest BCUT2D eigenvalue weighted by molar-refractivity contribution is 0.0221. The van der Waals surface area contributed by atoms with Crippen LogP contribution in [0.2, 0.25) is 0 Å². The Labute approximate surface area is 260 Å². The SMILES string of the molecule is C/C=C(C1=CSC(Br)C1O)\C(=C/C)OCCCCOC(=C/C)/C(=C\CC)c1csc(Br)c1OCOCC.CC. The maximum absolute atomic E-state index is 10.5. The Morgan fingerprint density at radius 2 is 1.62 bits per heavy atom. The molecule has 0 fully saturated rings. The highest BCUT2D eigenvalue weighted by Gasteiger charge is 2.30. The van der Waals surface area contributed by atoms with E-state index >= 15 is 0 Å². The summed E-state index contributed by atoms with van der Waals surface area (Å²) in [7, 11) is 0. The van der Waals surface area contributed by atoms with E-state index in [1.165, 1.54) is 0 Å². The second kappa shape index (κ2) is 20.8. The molecule has 1 aliphatic heterocycles. The fourth-order valence-corrected chi connectivity index (χ4v) is 6.46. The van der Waals surface area contributed by atoms with Gasteiger partial charge in [-0.1, -0.05) is 48.9 Å². The van der Waals surface area contributed by atoms with Crippen molar-refractivity contribution < 1.29 is 24.1 Å². The van der Waals surface area contributed by atoms with Gasteiger partial charge in [-0.25, -0.2) is 0 Å². The van der Waals surface area contributed by atoms with Crippen molar-refractivity contribution >= 4 is 60.5 Å². The van der Waals surface area contributed by atoms with Gasteiger partial charge in [-0.05, 0) is 86.0 Å². The van der Waals surface area contributed by atoms with Crippen molar-refractivity contribution in [3.05, 3.63) is 67.1 Å². The number of rotatable bonds is 16. The topological polar surface area (TPSA) is 57.2 Å². The van der Waals surface area contributed by atoms with Crippen molar-refractivity contribution in [2.75, 3.05) is 26.6 Å². The lowest BCUT2D eigenvalue weighted by atomic mass is 10.0. The summed E-state index contributed by atoms with van der Waals surface area (Å²) in [4.78, 5) is 0. The molecule has 0 aromatic carbocycles. The zero-order chi connectivity index (χ0) is 29.2. The van der Waals surface area contributed by atoms with Crippen molar-refractivity contribution in [2.45, 2.75) is 78.0 Å². The molecule has 1 aromatic heterocycles. The third-order valence-electron chi connectivity index (χ3n) is 5.49. The molecule has 220 valence electrons. The summed E-state index contributed by atoms with van der Waals surface area (Å²) in [6.45, 7) is 15.9. The standard InChI is InChI=1S/C28H38Br2O5S2.C2H6/c1-6-13-20(22-17-37-28(30)26(22)35-18-32-10-5)24(9-4)34-15-12-11-14-33-23(8-3)19(7-2)21-16-36-27(29)25(21)31;1-2/h7-9,13,16-17,25,27,31H,6,10-12,14-15,18H2,1-5H3;1-2H3/b19-7-,20-13-,23-8+,24-9+;. The smallest absolute Gasteiger partial charge is 0.189 e. The first-order valence-electron chi connectivity index (χ1n) is 13.5. The van der Waals surface area contributed by atoms with Crippen LogP contribution in [-0.4, -0.2) is 42.0 Å². The fourth-order valence-electron chi connectivity index (χ4n) is 3.67. The van der Waals surface area contributed by atoms with E-state index in [1.54, 1.807) is 23.1 Å². The second-order valence-electron chi connectivity index (χ2n) is 7.95. The first-order valence-corrected chi connectivity index (χ1v) is 17.1. The van der Waals surface area contributed by atoms with Gasteiger partial charge in [-0.15, -0.1) is 23.1 Å². The summed E-state index contributed by atoms with van der Waals surface area (Å²) in [5.41, 5.74) is 3.85. The average Bonchev–Trinajstić information content (AvgIpc) is 3.48. The average molecular weight is 709 g/mol. The molecule has 39 heavy (non-hydrogen) atoms. The van der Waals surface area contributed by atoms with Crippen LogP contribution < -0.4 is 4.74 Å². The number of hydrogen-bond acceptors (Lipinski definition) is 7. The maximum atomic E-state index is 10.5. The number of aliphatic hydroxyl groups excluding tert-OH is 1. The van der Waals surface area contributed by atoms with Crippen molar-refractivity contribution in [1.29, 1.82) is 0 Å². The van der Waals surface area contributed by atoms with Gasteiger partial charge < -0.3 is 24.1 Å². The monoisotopic (exact) mass is 706 g/mol. The number of aliphatic hydroxyl groups is 1. The molecule has 1 N–H and O–H groups in total. The number of alkyl halides is 1. The number of ether oxygens (including phenoxy) is 4. The van der Waals surface area contributed by atoms with Crippen molar-refractivity contribution in [2.24, 2.45) is 0 Å². The maximum Gasteiger partial charge on any atom is 0.189 e. The van der Waals surface area contributed by atoms with Crippen LogP contribution in [0.1, 0.15) is 73.3 Å². The first-order chi connectivity index (χ1) is 18.9. The van der Waals surface area contributed by atoms with Gasteiger partial charge in [0.05, 0.1) is 17.4 Å². The molecule has 1 aromatic rings. The number of hydrogen-bond donors (Lipinski definition) is 1. The van der Waals surface area contributed by atoms with Crippen LogP contribution >= 0.6 is 55.0 Å². The van der Waals surface area contributed by atoms with E-state index in [0.717, 1.165) is 62.6 Å². The van der Waals surface area contributed by atoms with E-state index < -0.39 is 6.10 Å². The van der Waals surface area contributed by atoms with Gasteiger partial charge in [-0.3, -0.25) is 0 Å². The molecule has 2 unspecified atom stereocenters. The van der Waals surface area contributed by atoms with Crippen LogP contribution in [0.4, 0.5) is 0 Å². The van der Waals surface area contributed by atoms with Crippen molar-refractivity contribution in [3.63, 3.8) is 0 Å². The highest BCUT2D eigenvalue weighted by Crippen LogP contribution is 2.42. The van der Waals surface area contributed by atoms with Gasteiger partial charge in [-0.2, -0.15) is 0 Å². The molecule has 0 spiro atoms. The van der Waals surface area contributed by atoms with Gasteiger partial charge in [0.15, 0.2) is 12.5 Å². The molecule has 9 heteroatoms. The molecule has 0 saturated carbocycles. The lowest BCUT2D eigenvalue weighted by Gasteiger charge is -2.18. The first kappa shape index (κ1) is 36.1. The lowest BCUT2D eigenvalue weighted by Crippen LogP contribution is -2.17. The van der Waals surface area contributed by atoms with Crippen LogP contribution in [0, 0.1) is 0 Å². The molecule has 5 nitrogen and oxygen atoms in total. The zero-order valence-electron chi connectivity index (χ0n) is 24.2. The van der Waals surface area contributed by atoms with Crippen LogP contribution in [0.3, 0.4) is 0 Å². The highest BCUT2D eigenvalue weighted by atomic mass is 79.9. The van der Waals surface area contributed by atoms with Crippen LogP contribution in [0.5, 0.6) is 5.75 Å². The number of unbranched alkanes of at least 4 members (excludes halogenated alkanes) is 1. The molecule has 1 aliphatic rings. The minimum absolute atomic E-state index is 0.0253. The normalized spacial score (nSPS) is 18.5. The zero-order valence-corrected chi connectivity index (χ0v) is 29.0. The largest absolute Gasteiger partial charge is 0.493 e. The molecule has 2 heterocycles.